The highest BCUT2D eigenvalue weighted by atomic mass is 35.5. The number of amides is 1. The van der Waals surface area contributed by atoms with Crippen molar-refractivity contribution in [2.45, 2.75) is 4.90 Å². The summed E-state index contributed by atoms with van der Waals surface area (Å²) < 4.78 is 0. The number of benzene rings is 2. The molecule has 0 aliphatic rings. The van der Waals surface area contributed by atoms with Crippen molar-refractivity contribution in [1.29, 1.82) is 0 Å². The van der Waals surface area contributed by atoms with E-state index in [9.17, 15) is 4.79 Å². The summed E-state index contributed by atoms with van der Waals surface area (Å²) in [5.74, 6) is -0.134. The third-order valence-electron chi connectivity index (χ3n) is 2.43. The maximum atomic E-state index is 12.0. The minimum Gasteiger partial charge on any atom is -0.322 e. The van der Waals surface area contributed by atoms with Gasteiger partial charge in [-0.3, -0.25) is 4.79 Å². The van der Waals surface area contributed by atoms with Gasteiger partial charge in [0.2, 0.25) is 0 Å². The standard InChI is InChI=1S/C14H12ClNOS/c1-18-13-4-2-3-12(9-13)16-14(17)10-5-7-11(15)8-6-10/h2-9H,1H3,(H,16,17). The molecule has 0 saturated heterocycles. The second kappa shape index (κ2) is 5.94. The van der Waals surface area contributed by atoms with Crippen molar-refractivity contribution < 1.29 is 4.79 Å². The zero-order valence-electron chi connectivity index (χ0n) is 9.81. The van der Waals surface area contributed by atoms with Gasteiger partial charge in [0.1, 0.15) is 0 Å². The first kappa shape index (κ1) is 13.0. The van der Waals surface area contributed by atoms with Gasteiger partial charge in [0, 0.05) is 21.2 Å². The molecule has 0 unspecified atom stereocenters. The molecule has 0 saturated carbocycles. The summed E-state index contributed by atoms with van der Waals surface area (Å²) in [5.41, 5.74) is 1.38. The summed E-state index contributed by atoms with van der Waals surface area (Å²) in [6, 6.07) is 14.5. The van der Waals surface area contributed by atoms with E-state index < -0.39 is 0 Å². The number of carbonyl (C=O) groups is 1. The number of carbonyl (C=O) groups excluding carboxylic acids is 1. The van der Waals surface area contributed by atoms with Crippen molar-refractivity contribution in [2.75, 3.05) is 11.6 Å². The molecule has 0 aliphatic heterocycles. The van der Waals surface area contributed by atoms with Crippen molar-refractivity contribution in [3.05, 3.63) is 59.1 Å². The number of rotatable bonds is 3. The molecule has 2 nitrogen and oxygen atoms in total. The van der Waals surface area contributed by atoms with Crippen LogP contribution in [-0.2, 0) is 0 Å². The van der Waals surface area contributed by atoms with Crippen molar-refractivity contribution in [2.24, 2.45) is 0 Å². The van der Waals surface area contributed by atoms with Crippen LogP contribution in [0.2, 0.25) is 5.02 Å². The van der Waals surface area contributed by atoms with Gasteiger partial charge in [0.15, 0.2) is 0 Å². The van der Waals surface area contributed by atoms with Crippen molar-refractivity contribution >= 4 is 35.0 Å². The molecule has 0 atom stereocenters. The third kappa shape index (κ3) is 3.28. The highest BCUT2D eigenvalue weighted by Gasteiger charge is 2.05. The number of anilines is 1. The normalized spacial score (nSPS) is 10.1. The molecule has 0 fully saturated rings. The molecule has 0 radical (unpaired) electrons. The molecule has 1 N–H and O–H groups in total. The Hall–Kier alpha value is -1.45. The molecule has 2 rings (SSSR count). The molecule has 18 heavy (non-hydrogen) atoms. The maximum absolute atomic E-state index is 12.0. The highest BCUT2D eigenvalue weighted by Crippen LogP contribution is 2.19. The van der Waals surface area contributed by atoms with E-state index in [0.717, 1.165) is 10.6 Å². The van der Waals surface area contributed by atoms with E-state index >= 15 is 0 Å². The maximum Gasteiger partial charge on any atom is 0.255 e. The molecular formula is C14H12ClNOS. The number of halogens is 1. The monoisotopic (exact) mass is 277 g/mol. The Morgan fingerprint density at radius 2 is 1.89 bits per heavy atom. The van der Waals surface area contributed by atoms with Gasteiger partial charge in [-0.05, 0) is 48.7 Å². The van der Waals surface area contributed by atoms with Gasteiger partial charge in [0.05, 0.1) is 0 Å². The van der Waals surface area contributed by atoms with E-state index in [2.05, 4.69) is 5.32 Å². The summed E-state index contributed by atoms with van der Waals surface area (Å²) >= 11 is 7.42. The molecule has 0 aromatic heterocycles. The van der Waals surface area contributed by atoms with E-state index in [1.54, 1.807) is 36.0 Å². The average molecular weight is 278 g/mol. The van der Waals surface area contributed by atoms with Gasteiger partial charge in [-0.25, -0.2) is 0 Å². The molecule has 1 amide bonds. The van der Waals surface area contributed by atoms with Crippen molar-refractivity contribution in [1.82, 2.24) is 0 Å². The van der Waals surface area contributed by atoms with E-state index in [4.69, 9.17) is 11.6 Å². The van der Waals surface area contributed by atoms with Crippen LogP contribution < -0.4 is 5.32 Å². The lowest BCUT2D eigenvalue weighted by molar-refractivity contribution is 0.102. The Bertz CT molecular complexity index is 554. The van der Waals surface area contributed by atoms with Gasteiger partial charge < -0.3 is 5.32 Å². The molecule has 0 spiro atoms. The molecule has 0 heterocycles. The fourth-order valence-electron chi connectivity index (χ4n) is 1.51. The minimum absolute atomic E-state index is 0.134. The first-order valence-corrected chi connectivity index (χ1v) is 7.00. The van der Waals surface area contributed by atoms with E-state index in [1.807, 2.05) is 30.5 Å². The molecule has 2 aromatic carbocycles. The summed E-state index contributed by atoms with van der Waals surface area (Å²) in [4.78, 5) is 13.1. The predicted octanol–water partition coefficient (Wildman–Crippen LogP) is 4.31. The van der Waals surface area contributed by atoms with Gasteiger partial charge in [-0.1, -0.05) is 17.7 Å². The van der Waals surface area contributed by atoms with Gasteiger partial charge in [-0.15, -0.1) is 11.8 Å². The molecule has 92 valence electrons. The first-order valence-electron chi connectivity index (χ1n) is 5.40. The zero-order chi connectivity index (χ0) is 13.0. The molecule has 4 heteroatoms. The number of thioether (sulfide) groups is 1. The Balaban J connectivity index is 2.13. The van der Waals surface area contributed by atoms with E-state index in [1.165, 1.54) is 0 Å². The predicted molar refractivity (Wildman–Crippen MR) is 77.6 cm³/mol. The van der Waals surface area contributed by atoms with Crippen LogP contribution in [-0.4, -0.2) is 12.2 Å². The molecule has 0 bridgehead atoms. The van der Waals surface area contributed by atoms with Crippen LogP contribution in [0.25, 0.3) is 0 Å². The lowest BCUT2D eigenvalue weighted by Crippen LogP contribution is -2.11. The summed E-state index contributed by atoms with van der Waals surface area (Å²) in [6.07, 6.45) is 2.00. The minimum atomic E-state index is -0.134. The Kier molecular flexibility index (Phi) is 4.28. The largest absolute Gasteiger partial charge is 0.322 e. The molecule has 0 aliphatic carbocycles. The third-order valence-corrected chi connectivity index (χ3v) is 3.41. The molecular weight excluding hydrogens is 266 g/mol. The van der Waals surface area contributed by atoms with Crippen molar-refractivity contribution in [3.8, 4) is 0 Å². The number of hydrogen-bond acceptors (Lipinski definition) is 2. The van der Waals surface area contributed by atoms with Crippen LogP contribution in [0.4, 0.5) is 5.69 Å². The first-order chi connectivity index (χ1) is 8.69. The van der Waals surface area contributed by atoms with E-state index in [0.29, 0.717) is 10.6 Å². The lowest BCUT2D eigenvalue weighted by atomic mass is 10.2. The van der Waals surface area contributed by atoms with Crippen LogP contribution in [0, 0.1) is 0 Å². The smallest absolute Gasteiger partial charge is 0.255 e. The zero-order valence-corrected chi connectivity index (χ0v) is 11.4. The Morgan fingerprint density at radius 1 is 1.17 bits per heavy atom. The fourth-order valence-corrected chi connectivity index (χ4v) is 2.09. The summed E-state index contributed by atoms with van der Waals surface area (Å²) in [5, 5.41) is 3.48. The van der Waals surface area contributed by atoms with Crippen LogP contribution in [0.15, 0.2) is 53.4 Å². The number of hydrogen-bond donors (Lipinski definition) is 1. The molecule has 2 aromatic rings. The Labute approximate surface area is 115 Å². The fraction of sp³-hybridized carbons (Fsp3) is 0.0714. The van der Waals surface area contributed by atoms with Gasteiger partial charge in [0.25, 0.3) is 5.91 Å². The van der Waals surface area contributed by atoms with Gasteiger partial charge >= 0.3 is 0 Å². The van der Waals surface area contributed by atoms with Crippen molar-refractivity contribution in [3.63, 3.8) is 0 Å². The highest BCUT2D eigenvalue weighted by molar-refractivity contribution is 7.98. The Morgan fingerprint density at radius 3 is 2.56 bits per heavy atom. The summed E-state index contributed by atoms with van der Waals surface area (Å²) in [7, 11) is 0. The van der Waals surface area contributed by atoms with Crippen LogP contribution in [0.3, 0.4) is 0 Å². The lowest BCUT2D eigenvalue weighted by Gasteiger charge is -2.06. The van der Waals surface area contributed by atoms with Gasteiger partial charge in [-0.2, -0.15) is 0 Å². The van der Waals surface area contributed by atoms with Crippen LogP contribution in [0.1, 0.15) is 10.4 Å². The number of nitrogens with one attached hydrogen (secondary N) is 1. The van der Waals surface area contributed by atoms with Crippen LogP contribution in [0.5, 0.6) is 0 Å². The van der Waals surface area contributed by atoms with Crippen LogP contribution >= 0.6 is 23.4 Å². The average Bonchev–Trinajstić information content (AvgIpc) is 2.39. The second-order valence-electron chi connectivity index (χ2n) is 3.69. The quantitative estimate of drug-likeness (QED) is 0.847. The second-order valence-corrected chi connectivity index (χ2v) is 5.01. The topological polar surface area (TPSA) is 29.1 Å². The SMILES string of the molecule is CSc1cccc(NC(=O)c2ccc(Cl)cc2)c1. The summed E-state index contributed by atoms with van der Waals surface area (Å²) in [6.45, 7) is 0. The van der Waals surface area contributed by atoms with E-state index in [-0.39, 0.29) is 5.91 Å².